The Kier molecular flexibility index (Phi) is 4.51. The number of rotatable bonds is 5. The molecule has 0 saturated heterocycles. The van der Waals surface area contributed by atoms with Crippen LogP contribution in [0.4, 0.5) is 5.69 Å². The van der Waals surface area contributed by atoms with Gasteiger partial charge in [-0.2, -0.15) is 5.26 Å². The molecule has 6 heteroatoms. The topological polar surface area (TPSA) is 95.2 Å². The van der Waals surface area contributed by atoms with Gasteiger partial charge in [0.25, 0.3) is 0 Å². The number of pyridine rings is 1. The van der Waals surface area contributed by atoms with Crippen LogP contribution >= 0.6 is 0 Å². The van der Waals surface area contributed by atoms with E-state index in [0.29, 0.717) is 18.2 Å². The molecule has 0 aliphatic rings. The number of aliphatic carboxylic acids is 1. The first kappa shape index (κ1) is 12.5. The van der Waals surface area contributed by atoms with Crippen LogP contribution < -0.4 is 10.1 Å². The van der Waals surface area contributed by atoms with E-state index in [0.717, 1.165) is 6.20 Å². The van der Waals surface area contributed by atoms with E-state index < -0.39 is 5.97 Å². The van der Waals surface area contributed by atoms with Crippen molar-refractivity contribution in [2.24, 2.45) is 0 Å². The summed E-state index contributed by atoms with van der Waals surface area (Å²) < 4.78 is 5.15. The number of aromatic nitrogens is 1. The molecule has 1 heterocycles. The fourth-order valence-electron chi connectivity index (χ4n) is 0.996. The summed E-state index contributed by atoms with van der Waals surface area (Å²) in [6.07, 6.45) is 2.60. The molecular formula is C11H11N3O3. The Balaban J connectivity index is 2.70. The third-order valence-corrected chi connectivity index (χ3v) is 1.76. The largest absolute Gasteiger partial charge is 0.478 e. The van der Waals surface area contributed by atoms with Crippen LogP contribution in [0.15, 0.2) is 30.1 Å². The molecule has 0 fully saturated rings. The number of hydrogen-bond acceptors (Lipinski definition) is 5. The van der Waals surface area contributed by atoms with Crippen molar-refractivity contribution in [1.82, 2.24) is 4.98 Å². The second-order valence-corrected chi connectivity index (χ2v) is 2.94. The molecule has 6 nitrogen and oxygen atoms in total. The zero-order valence-electron chi connectivity index (χ0n) is 9.17. The summed E-state index contributed by atoms with van der Waals surface area (Å²) in [5.74, 6) is -0.792. The van der Waals surface area contributed by atoms with Crippen molar-refractivity contribution < 1.29 is 14.6 Å². The van der Waals surface area contributed by atoms with Gasteiger partial charge in [-0.3, -0.25) is 0 Å². The van der Waals surface area contributed by atoms with Gasteiger partial charge in [0.05, 0.1) is 18.5 Å². The Hall–Kier alpha value is -2.55. The van der Waals surface area contributed by atoms with Crippen LogP contribution in [0.3, 0.4) is 0 Å². The molecule has 1 aromatic heterocycles. The van der Waals surface area contributed by atoms with Gasteiger partial charge in [-0.25, -0.2) is 9.78 Å². The summed E-state index contributed by atoms with van der Waals surface area (Å²) in [6, 6.07) is 4.87. The second-order valence-electron chi connectivity index (χ2n) is 2.94. The first-order valence-electron chi connectivity index (χ1n) is 4.86. The molecule has 0 atom stereocenters. The lowest BCUT2D eigenvalue weighted by atomic mass is 10.3. The number of nitrogens with one attached hydrogen (secondary N) is 1. The summed E-state index contributed by atoms with van der Waals surface area (Å²) in [7, 11) is 0. The Labute approximate surface area is 98.2 Å². The van der Waals surface area contributed by atoms with Gasteiger partial charge >= 0.3 is 5.97 Å². The van der Waals surface area contributed by atoms with Gasteiger partial charge in [0, 0.05) is 12.3 Å². The van der Waals surface area contributed by atoms with Crippen molar-refractivity contribution in [3.63, 3.8) is 0 Å². The van der Waals surface area contributed by atoms with Gasteiger partial charge in [-0.1, -0.05) is 0 Å². The molecule has 17 heavy (non-hydrogen) atoms. The van der Waals surface area contributed by atoms with Gasteiger partial charge in [-0.15, -0.1) is 0 Å². The van der Waals surface area contributed by atoms with E-state index in [1.54, 1.807) is 18.2 Å². The summed E-state index contributed by atoms with van der Waals surface area (Å²) in [5, 5.41) is 19.8. The van der Waals surface area contributed by atoms with Crippen LogP contribution in [-0.4, -0.2) is 22.7 Å². The predicted octanol–water partition coefficient (Wildman–Crippen LogP) is 1.38. The highest BCUT2D eigenvalue weighted by Crippen LogP contribution is 2.11. The van der Waals surface area contributed by atoms with Crippen molar-refractivity contribution in [1.29, 1.82) is 5.26 Å². The van der Waals surface area contributed by atoms with Crippen LogP contribution in [-0.2, 0) is 4.79 Å². The van der Waals surface area contributed by atoms with E-state index in [1.807, 2.05) is 6.92 Å². The number of nitrogens with zero attached hydrogens (tertiary/aromatic N) is 2. The summed E-state index contributed by atoms with van der Waals surface area (Å²) in [4.78, 5) is 14.5. The minimum Gasteiger partial charge on any atom is -0.478 e. The second kappa shape index (κ2) is 6.12. The number of hydrogen-bond donors (Lipinski definition) is 2. The zero-order valence-corrected chi connectivity index (χ0v) is 9.17. The van der Waals surface area contributed by atoms with Crippen LogP contribution in [0.5, 0.6) is 5.88 Å². The Bertz CT molecular complexity index is 460. The first-order chi connectivity index (χ1) is 8.17. The number of carboxylic acids is 1. The summed E-state index contributed by atoms with van der Waals surface area (Å²) in [6.45, 7) is 2.37. The predicted molar refractivity (Wildman–Crippen MR) is 60.4 cm³/mol. The Morgan fingerprint density at radius 1 is 1.71 bits per heavy atom. The van der Waals surface area contributed by atoms with Gasteiger partial charge in [0.15, 0.2) is 5.57 Å². The molecule has 2 N–H and O–H groups in total. The molecule has 0 unspecified atom stereocenters. The Morgan fingerprint density at radius 2 is 2.47 bits per heavy atom. The maximum absolute atomic E-state index is 10.5. The summed E-state index contributed by atoms with van der Waals surface area (Å²) >= 11 is 0. The minimum atomic E-state index is -1.28. The molecule has 0 radical (unpaired) electrons. The number of nitriles is 1. The lowest BCUT2D eigenvalue weighted by Crippen LogP contribution is -2.01. The Morgan fingerprint density at radius 3 is 2.94 bits per heavy atom. The third-order valence-electron chi connectivity index (χ3n) is 1.76. The number of carbonyl (C=O) groups is 1. The van der Waals surface area contributed by atoms with E-state index in [1.165, 1.54) is 6.20 Å². The minimum absolute atomic E-state index is 0.376. The monoisotopic (exact) mass is 233 g/mol. The molecule has 0 spiro atoms. The molecule has 0 bridgehead atoms. The van der Waals surface area contributed by atoms with Crippen LogP contribution in [0.25, 0.3) is 0 Å². The molecule has 0 amide bonds. The van der Waals surface area contributed by atoms with Gasteiger partial charge in [0.2, 0.25) is 5.88 Å². The van der Waals surface area contributed by atoms with Crippen molar-refractivity contribution in [3.05, 3.63) is 30.1 Å². The van der Waals surface area contributed by atoms with Crippen LogP contribution in [0, 0.1) is 11.3 Å². The van der Waals surface area contributed by atoms with Crippen molar-refractivity contribution in [3.8, 4) is 11.9 Å². The highest BCUT2D eigenvalue weighted by atomic mass is 16.5. The molecule has 0 aliphatic carbocycles. The lowest BCUT2D eigenvalue weighted by Gasteiger charge is -2.03. The molecule has 0 aromatic carbocycles. The molecule has 1 aromatic rings. The fraction of sp³-hybridized carbons (Fsp3) is 0.182. The lowest BCUT2D eigenvalue weighted by molar-refractivity contribution is -0.132. The maximum Gasteiger partial charge on any atom is 0.347 e. The average molecular weight is 233 g/mol. The van der Waals surface area contributed by atoms with E-state index in [4.69, 9.17) is 15.1 Å². The average Bonchev–Trinajstić information content (AvgIpc) is 2.32. The normalized spacial score (nSPS) is 10.5. The summed E-state index contributed by atoms with van der Waals surface area (Å²) in [5.41, 5.74) is 0.196. The van der Waals surface area contributed by atoms with Gasteiger partial charge in [-0.05, 0) is 13.0 Å². The van der Waals surface area contributed by atoms with E-state index >= 15 is 0 Å². The quantitative estimate of drug-likeness (QED) is 0.589. The van der Waals surface area contributed by atoms with Gasteiger partial charge < -0.3 is 15.2 Å². The van der Waals surface area contributed by atoms with Crippen molar-refractivity contribution in [2.75, 3.05) is 11.9 Å². The maximum atomic E-state index is 10.5. The highest BCUT2D eigenvalue weighted by molar-refractivity contribution is 5.91. The smallest absolute Gasteiger partial charge is 0.347 e. The van der Waals surface area contributed by atoms with Crippen molar-refractivity contribution in [2.45, 2.75) is 6.92 Å². The third kappa shape index (κ3) is 3.83. The SMILES string of the molecule is CCOc1ccc(NC=C(C#N)C(=O)O)cn1. The number of ether oxygens (including phenoxy) is 1. The van der Waals surface area contributed by atoms with E-state index in [9.17, 15) is 4.79 Å². The molecule has 88 valence electrons. The highest BCUT2D eigenvalue weighted by Gasteiger charge is 2.04. The molecular weight excluding hydrogens is 222 g/mol. The van der Waals surface area contributed by atoms with E-state index in [2.05, 4.69) is 10.3 Å². The fourth-order valence-corrected chi connectivity index (χ4v) is 0.996. The van der Waals surface area contributed by atoms with Crippen LogP contribution in [0.1, 0.15) is 6.92 Å². The van der Waals surface area contributed by atoms with Gasteiger partial charge in [0.1, 0.15) is 6.07 Å². The number of anilines is 1. The van der Waals surface area contributed by atoms with Crippen LogP contribution in [0.2, 0.25) is 0 Å². The molecule has 0 saturated carbocycles. The molecule has 0 aliphatic heterocycles. The number of carboxylic acid groups (broad SMARTS) is 1. The molecule has 1 rings (SSSR count). The standard InChI is InChI=1S/C11H11N3O3/c1-2-17-10-4-3-9(7-14-10)13-6-8(5-12)11(15)16/h3-4,6-7,13H,2H2,1H3,(H,15,16). The van der Waals surface area contributed by atoms with Crippen molar-refractivity contribution >= 4 is 11.7 Å². The van der Waals surface area contributed by atoms with E-state index in [-0.39, 0.29) is 5.57 Å². The zero-order chi connectivity index (χ0) is 12.7. The first-order valence-corrected chi connectivity index (χ1v) is 4.86.